The summed E-state index contributed by atoms with van der Waals surface area (Å²) in [6, 6.07) is 5.20. The van der Waals surface area contributed by atoms with Gasteiger partial charge in [-0.15, -0.1) is 0 Å². The Bertz CT molecular complexity index is 546. The monoisotopic (exact) mass is 310 g/mol. The molecule has 0 fully saturated rings. The molecule has 0 unspecified atom stereocenters. The van der Waals surface area contributed by atoms with Gasteiger partial charge in [0.25, 0.3) is 0 Å². The number of hydrogen-bond donors (Lipinski definition) is 3. The van der Waals surface area contributed by atoms with Gasteiger partial charge in [0.05, 0.1) is 20.2 Å². The molecule has 0 aliphatic carbocycles. The van der Waals surface area contributed by atoms with Crippen molar-refractivity contribution in [3.05, 3.63) is 29.3 Å². The van der Waals surface area contributed by atoms with Crippen molar-refractivity contribution in [2.24, 2.45) is 17.2 Å². The van der Waals surface area contributed by atoms with Crippen LogP contribution in [0.15, 0.2) is 18.2 Å². The molecule has 2 amide bonds. The number of methoxy groups -OCH3 is 1. The Morgan fingerprint density at radius 3 is 2.19 bits per heavy atom. The zero-order chi connectivity index (χ0) is 16.0. The summed E-state index contributed by atoms with van der Waals surface area (Å²) in [7, 11) is 1.52. The van der Waals surface area contributed by atoms with Gasteiger partial charge in [0, 0.05) is 17.7 Å². The molecule has 0 saturated carbocycles. The molecule has 0 saturated heterocycles. The number of nitrogens with zero attached hydrogens (tertiary/aromatic N) is 1. The number of amides is 2. The smallest absolute Gasteiger partial charge is 0.231 e. The molecule has 0 aromatic heterocycles. The van der Waals surface area contributed by atoms with E-state index in [1.165, 1.54) is 12.0 Å². The van der Waals surface area contributed by atoms with Gasteiger partial charge in [-0.2, -0.15) is 0 Å². The Labute approximate surface area is 128 Å². The topological polar surface area (TPSA) is 125 Å². The lowest BCUT2D eigenvalue weighted by molar-refractivity contribution is -0.122. The van der Waals surface area contributed by atoms with Gasteiger partial charge in [-0.3, -0.25) is 14.5 Å². The predicted octanol–water partition coefficient (Wildman–Crippen LogP) is -0.898. The summed E-state index contributed by atoms with van der Waals surface area (Å²) in [5.74, 6) is -0.518. The number of rotatable bonds is 8. The second kappa shape index (κ2) is 7.55. The van der Waals surface area contributed by atoms with E-state index in [2.05, 4.69) is 0 Å². The SMILES string of the molecule is COc1ccc(C(N)=S)cc1CN(CC(N)=O)CC(N)=O. The van der Waals surface area contributed by atoms with Gasteiger partial charge in [-0.1, -0.05) is 12.2 Å². The van der Waals surface area contributed by atoms with Crippen molar-refractivity contribution in [2.75, 3.05) is 20.2 Å². The van der Waals surface area contributed by atoms with Crippen LogP contribution in [0.5, 0.6) is 5.75 Å². The number of nitrogens with two attached hydrogens (primary N) is 3. The van der Waals surface area contributed by atoms with Crippen molar-refractivity contribution in [3.8, 4) is 5.75 Å². The highest BCUT2D eigenvalue weighted by Crippen LogP contribution is 2.21. The van der Waals surface area contributed by atoms with Gasteiger partial charge >= 0.3 is 0 Å². The van der Waals surface area contributed by atoms with Crippen LogP contribution in [-0.4, -0.2) is 41.9 Å². The molecule has 0 radical (unpaired) electrons. The quantitative estimate of drug-likeness (QED) is 0.535. The van der Waals surface area contributed by atoms with E-state index in [4.69, 9.17) is 34.2 Å². The molecule has 0 aliphatic rings. The normalized spacial score (nSPS) is 10.4. The maximum Gasteiger partial charge on any atom is 0.231 e. The van der Waals surface area contributed by atoms with Crippen LogP contribution in [-0.2, 0) is 16.1 Å². The largest absolute Gasteiger partial charge is 0.496 e. The number of hydrogen-bond acceptors (Lipinski definition) is 5. The highest BCUT2D eigenvalue weighted by atomic mass is 32.1. The summed E-state index contributed by atoms with van der Waals surface area (Å²) in [4.78, 5) is 23.9. The minimum absolute atomic E-state index is 0.0939. The summed E-state index contributed by atoms with van der Waals surface area (Å²) in [5, 5.41) is 0. The molecular weight excluding hydrogens is 292 g/mol. The second-order valence-electron chi connectivity index (χ2n) is 4.47. The molecular formula is C13H18N4O3S. The number of carbonyl (C=O) groups excluding carboxylic acids is 2. The molecule has 8 heteroatoms. The van der Waals surface area contributed by atoms with Crippen LogP contribution in [0.2, 0.25) is 0 Å². The zero-order valence-corrected chi connectivity index (χ0v) is 12.5. The molecule has 0 aliphatic heterocycles. The third kappa shape index (κ3) is 5.36. The first-order chi connectivity index (χ1) is 9.83. The van der Waals surface area contributed by atoms with E-state index in [-0.39, 0.29) is 24.6 Å². The van der Waals surface area contributed by atoms with Crippen molar-refractivity contribution in [1.82, 2.24) is 4.90 Å². The fraction of sp³-hybridized carbons (Fsp3) is 0.308. The standard InChI is InChI=1S/C13H18N4O3S/c1-20-10-3-2-8(13(16)21)4-9(10)5-17(6-11(14)18)7-12(15)19/h2-4H,5-7H2,1H3,(H2,14,18)(H2,15,19)(H2,16,21). The average molecular weight is 310 g/mol. The third-order valence-corrected chi connectivity index (χ3v) is 2.95. The molecule has 0 heterocycles. The lowest BCUT2D eigenvalue weighted by atomic mass is 10.1. The molecule has 1 aromatic rings. The van der Waals surface area contributed by atoms with Gasteiger partial charge < -0.3 is 21.9 Å². The molecule has 1 aromatic carbocycles. The van der Waals surface area contributed by atoms with E-state index >= 15 is 0 Å². The number of primary amides is 2. The molecule has 0 bridgehead atoms. The van der Waals surface area contributed by atoms with E-state index in [0.717, 1.165) is 5.56 Å². The Hall–Kier alpha value is -2.19. The van der Waals surface area contributed by atoms with Crippen molar-refractivity contribution < 1.29 is 14.3 Å². The Kier molecular flexibility index (Phi) is 6.07. The molecule has 114 valence electrons. The first kappa shape index (κ1) is 16.9. The summed E-state index contributed by atoms with van der Waals surface area (Å²) in [5.41, 5.74) is 17.3. The predicted molar refractivity (Wildman–Crippen MR) is 82.5 cm³/mol. The van der Waals surface area contributed by atoms with E-state index in [1.54, 1.807) is 18.2 Å². The Balaban J connectivity index is 3.04. The molecule has 6 N–H and O–H groups in total. The first-order valence-electron chi connectivity index (χ1n) is 6.09. The van der Waals surface area contributed by atoms with E-state index in [0.29, 0.717) is 11.3 Å². The van der Waals surface area contributed by atoms with Gasteiger partial charge in [0.15, 0.2) is 0 Å². The third-order valence-electron chi connectivity index (χ3n) is 2.72. The highest BCUT2D eigenvalue weighted by molar-refractivity contribution is 7.80. The molecule has 0 spiro atoms. The van der Waals surface area contributed by atoms with Crippen LogP contribution in [0.4, 0.5) is 0 Å². The fourth-order valence-corrected chi connectivity index (χ4v) is 2.03. The minimum atomic E-state index is -0.555. The second-order valence-corrected chi connectivity index (χ2v) is 4.91. The summed E-state index contributed by atoms with van der Waals surface area (Å²) < 4.78 is 5.25. The van der Waals surface area contributed by atoms with Gasteiger partial charge in [0.1, 0.15) is 10.7 Å². The number of benzene rings is 1. The van der Waals surface area contributed by atoms with Gasteiger partial charge in [-0.05, 0) is 18.2 Å². The van der Waals surface area contributed by atoms with Gasteiger partial charge in [0.2, 0.25) is 11.8 Å². The van der Waals surface area contributed by atoms with Crippen LogP contribution in [0.1, 0.15) is 11.1 Å². The van der Waals surface area contributed by atoms with E-state index < -0.39 is 11.8 Å². The molecule has 7 nitrogen and oxygen atoms in total. The van der Waals surface area contributed by atoms with Crippen LogP contribution >= 0.6 is 12.2 Å². The zero-order valence-electron chi connectivity index (χ0n) is 11.7. The molecule has 1 rings (SSSR count). The number of thiocarbonyl (C=S) groups is 1. The van der Waals surface area contributed by atoms with Crippen molar-refractivity contribution in [1.29, 1.82) is 0 Å². The fourth-order valence-electron chi connectivity index (χ4n) is 1.90. The maximum atomic E-state index is 11.1. The van der Waals surface area contributed by atoms with E-state index in [1.807, 2.05) is 0 Å². The van der Waals surface area contributed by atoms with Gasteiger partial charge in [-0.25, -0.2) is 0 Å². The maximum absolute atomic E-state index is 11.1. The Morgan fingerprint density at radius 2 is 1.76 bits per heavy atom. The van der Waals surface area contributed by atoms with Crippen LogP contribution in [0.25, 0.3) is 0 Å². The number of ether oxygens (including phenoxy) is 1. The summed E-state index contributed by atoms with van der Waals surface area (Å²) in [6.45, 7) is 0.0678. The lowest BCUT2D eigenvalue weighted by Crippen LogP contribution is -2.39. The summed E-state index contributed by atoms with van der Waals surface area (Å²) >= 11 is 4.93. The highest BCUT2D eigenvalue weighted by Gasteiger charge is 2.15. The number of carbonyl (C=O) groups is 2. The summed E-state index contributed by atoms with van der Waals surface area (Å²) in [6.07, 6.45) is 0. The minimum Gasteiger partial charge on any atom is -0.496 e. The van der Waals surface area contributed by atoms with Crippen molar-refractivity contribution in [3.63, 3.8) is 0 Å². The Morgan fingerprint density at radius 1 is 1.19 bits per heavy atom. The van der Waals surface area contributed by atoms with Crippen LogP contribution in [0, 0.1) is 0 Å². The van der Waals surface area contributed by atoms with Crippen molar-refractivity contribution >= 4 is 29.0 Å². The lowest BCUT2D eigenvalue weighted by Gasteiger charge is -2.20. The van der Waals surface area contributed by atoms with E-state index in [9.17, 15) is 9.59 Å². The van der Waals surface area contributed by atoms with Crippen molar-refractivity contribution in [2.45, 2.75) is 6.54 Å². The average Bonchev–Trinajstić information content (AvgIpc) is 2.36. The first-order valence-corrected chi connectivity index (χ1v) is 6.50. The van der Waals surface area contributed by atoms with Crippen LogP contribution in [0.3, 0.4) is 0 Å². The molecule has 21 heavy (non-hydrogen) atoms. The molecule has 0 atom stereocenters. The van der Waals surface area contributed by atoms with Crippen LogP contribution < -0.4 is 21.9 Å².